The Bertz CT molecular complexity index is 310. The maximum atomic E-state index is 4.52. The van der Waals surface area contributed by atoms with Crippen molar-refractivity contribution in [2.75, 3.05) is 0 Å². The van der Waals surface area contributed by atoms with Crippen LogP contribution >= 0.6 is 0 Å². The van der Waals surface area contributed by atoms with Crippen LogP contribution in [0.15, 0.2) is 0 Å². The summed E-state index contributed by atoms with van der Waals surface area (Å²) < 4.78 is 0. The van der Waals surface area contributed by atoms with Crippen molar-refractivity contribution in [3.05, 3.63) is 17.2 Å². The third kappa shape index (κ3) is 5.24. The molecule has 1 rings (SSSR count). The normalized spacial score (nSPS) is 11.6. The summed E-state index contributed by atoms with van der Waals surface area (Å²) in [5.74, 6) is 1.41. The van der Waals surface area contributed by atoms with Crippen molar-refractivity contribution in [1.82, 2.24) is 15.2 Å². The SMILES string of the molecule is CC.CCCCC(CC)c1nnc(C)c(C)n1. The molecule has 3 nitrogen and oxygen atoms in total. The fraction of sp³-hybridized carbons (Fsp3) is 0.786. The van der Waals surface area contributed by atoms with Crippen molar-refractivity contribution in [1.29, 1.82) is 0 Å². The molecule has 3 heteroatoms. The van der Waals surface area contributed by atoms with Gasteiger partial charge in [-0.2, -0.15) is 5.10 Å². The van der Waals surface area contributed by atoms with Gasteiger partial charge < -0.3 is 0 Å². The molecule has 0 saturated heterocycles. The summed E-state index contributed by atoms with van der Waals surface area (Å²) in [5, 5.41) is 8.35. The molecule has 0 aliphatic heterocycles. The molecule has 0 saturated carbocycles. The molecule has 1 aromatic heterocycles. The third-order valence-electron chi connectivity index (χ3n) is 2.87. The molecule has 0 N–H and O–H groups in total. The Labute approximate surface area is 106 Å². The van der Waals surface area contributed by atoms with Gasteiger partial charge in [-0.3, -0.25) is 0 Å². The van der Waals surface area contributed by atoms with Crippen molar-refractivity contribution in [3.63, 3.8) is 0 Å². The Balaban J connectivity index is 0.00000121. The van der Waals surface area contributed by atoms with Crippen LogP contribution in [0.3, 0.4) is 0 Å². The standard InChI is InChI=1S/C12H21N3.C2H6/c1-5-7-8-11(6-2)12-13-9(3)10(4)14-15-12;1-2/h11H,5-8H2,1-4H3;1-2H3. The van der Waals surface area contributed by atoms with E-state index in [2.05, 4.69) is 29.0 Å². The summed E-state index contributed by atoms with van der Waals surface area (Å²) in [6.07, 6.45) is 4.75. The van der Waals surface area contributed by atoms with Crippen molar-refractivity contribution >= 4 is 0 Å². The minimum absolute atomic E-state index is 0.483. The third-order valence-corrected chi connectivity index (χ3v) is 2.87. The fourth-order valence-electron chi connectivity index (χ4n) is 1.61. The molecular formula is C14H27N3. The molecule has 1 atom stereocenters. The smallest absolute Gasteiger partial charge is 0.154 e. The number of hydrogen-bond donors (Lipinski definition) is 0. The highest BCUT2D eigenvalue weighted by Crippen LogP contribution is 2.22. The first-order valence-corrected chi connectivity index (χ1v) is 6.86. The topological polar surface area (TPSA) is 38.7 Å². The van der Waals surface area contributed by atoms with Crippen LogP contribution in [0.1, 0.15) is 76.5 Å². The molecule has 0 aliphatic rings. The summed E-state index contributed by atoms with van der Waals surface area (Å²) in [7, 11) is 0. The summed E-state index contributed by atoms with van der Waals surface area (Å²) in [6.45, 7) is 12.4. The molecule has 98 valence electrons. The molecule has 1 unspecified atom stereocenters. The molecule has 0 radical (unpaired) electrons. The van der Waals surface area contributed by atoms with Gasteiger partial charge in [0.1, 0.15) is 0 Å². The lowest BCUT2D eigenvalue weighted by atomic mass is 9.98. The van der Waals surface area contributed by atoms with Crippen LogP contribution in [-0.2, 0) is 0 Å². The highest BCUT2D eigenvalue weighted by Gasteiger charge is 2.13. The van der Waals surface area contributed by atoms with Gasteiger partial charge in [-0.15, -0.1) is 5.10 Å². The molecule has 0 bridgehead atoms. The number of nitrogens with zero attached hydrogens (tertiary/aromatic N) is 3. The minimum atomic E-state index is 0.483. The lowest BCUT2D eigenvalue weighted by molar-refractivity contribution is 0.532. The summed E-state index contributed by atoms with van der Waals surface area (Å²) in [5.41, 5.74) is 1.94. The zero-order chi connectivity index (χ0) is 13.3. The van der Waals surface area contributed by atoms with Crippen LogP contribution in [0, 0.1) is 13.8 Å². The Morgan fingerprint density at radius 1 is 1.00 bits per heavy atom. The Kier molecular flexibility index (Phi) is 8.55. The highest BCUT2D eigenvalue weighted by molar-refractivity contribution is 5.07. The van der Waals surface area contributed by atoms with Crippen LogP contribution in [-0.4, -0.2) is 15.2 Å². The number of rotatable bonds is 5. The predicted molar refractivity (Wildman–Crippen MR) is 73.2 cm³/mol. The summed E-state index contributed by atoms with van der Waals surface area (Å²) in [6, 6.07) is 0. The van der Waals surface area contributed by atoms with Gasteiger partial charge in [-0.05, 0) is 26.7 Å². The number of unbranched alkanes of at least 4 members (excludes halogenated alkanes) is 1. The number of aryl methyl sites for hydroxylation is 2. The molecule has 1 aromatic rings. The molecule has 0 aliphatic carbocycles. The van der Waals surface area contributed by atoms with Crippen molar-refractivity contribution < 1.29 is 0 Å². The molecule has 0 aromatic carbocycles. The Hall–Kier alpha value is -0.990. The average molecular weight is 237 g/mol. The zero-order valence-electron chi connectivity index (χ0n) is 12.2. The van der Waals surface area contributed by atoms with E-state index in [0.717, 1.165) is 23.6 Å². The van der Waals surface area contributed by atoms with Gasteiger partial charge >= 0.3 is 0 Å². The molecular weight excluding hydrogens is 210 g/mol. The van der Waals surface area contributed by atoms with Gasteiger partial charge in [-0.25, -0.2) is 4.98 Å². The van der Waals surface area contributed by atoms with Crippen molar-refractivity contribution in [3.8, 4) is 0 Å². The second-order valence-corrected chi connectivity index (χ2v) is 4.09. The van der Waals surface area contributed by atoms with Crippen molar-refractivity contribution in [2.24, 2.45) is 0 Å². The van der Waals surface area contributed by atoms with Gasteiger partial charge in [0.25, 0.3) is 0 Å². The van der Waals surface area contributed by atoms with Gasteiger partial charge in [-0.1, -0.05) is 40.5 Å². The Morgan fingerprint density at radius 2 is 1.65 bits per heavy atom. The van der Waals surface area contributed by atoms with E-state index in [1.807, 2.05) is 27.7 Å². The van der Waals surface area contributed by atoms with E-state index >= 15 is 0 Å². The molecule has 1 heterocycles. The molecule has 0 spiro atoms. The number of hydrogen-bond acceptors (Lipinski definition) is 3. The van der Waals surface area contributed by atoms with Crippen LogP contribution in [0.25, 0.3) is 0 Å². The van der Waals surface area contributed by atoms with Crippen LogP contribution in [0.4, 0.5) is 0 Å². The summed E-state index contributed by atoms with van der Waals surface area (Å²) >= 11 is 0. The zero-order valence-corrected chi connectivity index (χ0v) is 12.2. The van der Waals surface area contributed by atoms with Gasteiger partial charge in [0.15, 0.2) is 5.82 Å². The maximum absolute atomic E-state index is 4.52. The fourth-order valence-corrected chi connectivity index (χ4v) is 1.61. The highest BCUT2D eigenvalue weighted by atomic mass is 15.2. The van der Waals surface area contributed by atoms with E-state index in [-0.39, 0.29) is 0 Å². The van der Waals surface area contributed by atoms with Gasteiger partial charge in [0, 0.05) is 5.92 Å². The van der Waals surface area contributed by atoms with E-state index < -0.39 is 0 Å². The summed E-state index contributed by atoms with van der Waals surface area (Å²) in [4.78, 5) is 4.52. The first kappa shape index (κ1) is 16.0. The molecule has 17 heavy (non-hydrogen) atoms. The van der Waals surface area contributed by atoms with Crippen molar-refractivity contribution in [2.45, 2.75) is 73.1 Å². The minimum Gasteiger partial charge on any atom is -0.234 e. The number of aromatic nitrogens is 3. The lowest BCUT2D eigenvalue weighted by Crippen LogP contribution is -2.08. The van der Waals surface area contributed by atoms with E-state index in [1.54, 1.807) is 0 Å². The molecule has 0 amide bonds. The molecule has 0 fully saturated rings. The predicted octanol–water partition coefficient (Wildman–Crippen LogP) is 4.20. The average Bonchev–Trinajstić information content (AvgIpc) is 2.37. The van der Waals surface area contributed by atoms with E-state index in [1.165, 1.54) is 19.3 Å². The maximum Gasteiger partial charge on any atom is 0.154 e. The second-order valence-electron chi connectivity index (χ2n) is 4.09. The first-order valence-electron chi connectivity index (χ1n) is 6.86. The van der Waals surface area contributed by atoms with E-state index in [9.17, 15) is 0 Å². The van der Waals surface area contributed by atoms with E-state index in [4.69, 9.17) is 0 Å². The van der Waals surface area contributed by atoms with Crippen LogP contribution < -0.4 is 0 Å². The van der Waals surface area contributed by atoms with Gasteiger partial charge in [0.2, 0.25) is 0 Å². The quantitative estimate of drug-likeness (QED) is 0.770. The van der Waals surface area contributed by atoms with E-state index in [0.29, 0.717) is 5.92 Å². The lowest BCUT2D eigenvalue weighted by Gasteiger charge is -2.12. The first-order chi connectivity index (χ1) is 8.19. The largest absolute Gasteiger partial charge is 0.234 e. The van der Waals surface area contributed by atoms with Gasteiger partial charge in [0.05, 0.1) is 11.4 Å². The van der Waals surface area contributed by atoms with Crippen LogP contribution in [0.2, 0.25) is 0 Å². The Morgan fingerprint density at radius 3 is 2.12 bits per heavy atom. The second kappa shape index (κ2) is 9.08. The monoisotopic (exact) mass is 237 g/mol. The van der Waals surface area contributed by atoms with Crippen LogP contribution in [0.5, 0.6) is 0 Å².